The van der Waals surface area contributed by atoms with Crippen molar-refractivity contribution in [3.8, 4) is 22.5 Å². The summed E-state index contributed by atoms with van der Waals surface area (Å²) >= 11 is 5.99. The minimum absolute atomic E-state index is 0.563. The van der Waals surface area contributed by atoms with E-state index >= 15 is 0 Å². The number of hydrogen-bond donors (Lipinski definition) is 0. The zero-order valence-corrected chi connectivity index (χ0v) is 19.6. The standard InChI is InChI=1S/C28H30ClN3/c1-21(22-17-19-26(29)20-18-22)9-5-3-8-12-27-30-31-28(32(27)2)25-15-13-24(14-16-25)23-10-6-4-7-11-23/h4,6-7,10-11,13-21H,3,5,8-9,12H2,1-2H3. The van der Waals surface area contributed by atoms with E-state index in [2.05, 4.69) is 89.4 Å². The van der Waals surface area contributed by atoms with E-state index < -0.39 is 0 Å². The largest absolute Gasteiger partial charge is 0.314 e. The number of hydrogen-bond acceptors (Lipinski definition) is 2. The third-order valence-corrected chi connectivity index (χ3v) is 6.44. The maximum Gasteiger partial charge on any atom is 0.163 e. The van der Waals surface area contributed by atoms with E-state index in [0.29, 0.717) is 5.92 Å². The Morgan fingerprint density at radius 3 is 2.12 bits per heavy atom. The lowest BCUT2D eigenvalue weighted by molar-refractivity contribution is 0.575. The second-order valence-corrected chi connectivity index (χ2v) is 8.93. The summed E-state index contributed by atoms with van der Waals surface area (Å²) in [5, 5.41) is 9.73. The summed E-state index contributed by atoms with van der Waals surface area (Å²) in [7, 11) is 2.07. The second-order valence-electron chi connectivity index (χ2n) is 8.49. The van der Waals surface area contributed by atoms with Gasteiger partial charge in [-0.1, -0.05) is 98.1 Å². The van der Waals surface area contributed by atoms with Crippen molar-refractivity contribution in [2.24, 2.45) is 7.05 Å². The molecule has 0 aliphatic rings. The molecule has 0 amide bonds. The highest BCUT2D eigenvalue weighted by Crippen LogP contribution is 2.25. The van der Waals surface area contributed by atoms with Crippen LogP contribution in [0.3, 0.4) is 0 Å². The van der Waals surface area contributed by atoms with Gasteiger partial charge in [-0.05, 0) is 47.6 Å². The van der Waals surface area contributed by atoms with Crippen LogP contribution in [0.5, 0.6) is 0 Å². The van der Waals surface area contributed by atoms with Gasteiger partial charge >= 0.3 is 0 Å². The van der Waals surface area contributed by atoms with Crippen LogP contribution in [0.15, 0.2) is 78.9 Å². The predicted octanol–water partition coefficient (Wildman–Crippen LogP) is 7.71. The molecule has 0 fully saturated rings. The lowest BCUT2D eigenvalue weighted by atomic mass is 9.95. The van der Waals surface area contributed by atoms with Gasteiger partial charge in [0.2, 0.25) is 0 Å². The SMILES string of the molecule is CC(CCCCCc1nnc(-c2ccc(-c3ccccc3)cc2)n1C)c1ccc(Cl)cc1. The summed E-state index contributed by atoms with van der Waals surface area (Å²) in [6, 6.07) is 27.2. The number of unbranched alkanes of at least 4 members (excludes halogenated alkanes) is 2. The molecular weight excluding hydrogens is 414 g/mol. The van der Waals surface area contributed by atoms with Crippen molar-refractivity contribution in [2.45, 2.75) is 44.9 Å². The van der Waals surface area contributed by atoms with Crippen LogP contribution in [0.4, 0.5) is 0 Å². The van der Waals surface area contributed by atoms with Crippen molar-refractivity contribution < 1.29 is 0 Å². The van der Waals surface area contributed by atoms with Gasteiger partial charge < -0.3 is 4.57 Å². The van der Waals surface area contributed by atoms with E-state index in [9.17, 15) is 0 Å². The summed E-state index contributed by atoms with van der Waals surface area (Å²) in [5.74, 6) is 2.54. The molecule has 1 atom stereocenters. The first kappa shape index (κ1) is 22.3. The maximum atomic E-state index is 5.99. The van der Waals surface area contributed by atoms with Crippen LogP contribution in [-0.4, -0.2) is 14.8 Å². The van der Waals surface area contributed by atoms with Crippen LogP contribution >= 0.6 is 11.6 Å². The quantitative estimate of drug-likeness (QED) is 0.248. The minimum atomic E-state index is 0.563. The van der Waals surface area contributed by atoms with Crippen molar-refractivity contribution >= 4 is 11.6 Å². The molecule has 164 valence electrons. The van der Waals surface area contributed by atoms with Crippen LogP contribution in [0.1, 0.15) is 49.9 Å². The normalized spacial score (nSPS) is 12.1. The van der Waals surface area contributed by atoms with Crippen LogP contribution < -0.4 is 0 Å². The van der Waals surface area contributed by atoms with Crippen molar-refractivity contribution in [3.63, 3.8) is 0 Å². The van der Waals surface area contributed by atoms with Gasteiger partial charge in [-0.25, -0.2) is 0 Å². The second kappa shape index (κ2) is 10.6. The average Bonchev–Trinajstić information content (AvgIpc) is 3.20. The molecule has 0 aliphatic carbocycles. The molecule has 0 radical (unpaired) electrons. The summed E-state index contributed by atoms with van der Waals surface area (Å²) in [5.41, 5.74) is 4.90. The molecule has 4 rings (SSSR count). The van der Waals surface area contributed by atoms with Crippen molar-refractivity contribution in [3.05, 3.63) is 95.3 Å². The highest BCUT2D eigenvalue weighted by molar-refractivity contribution is 6.30. The fourth-order valence-electron chi connectivity index (χ4n) is 4.14. The van der Waals surface area contributed by atoms with Gasteiger partial charge in [0, 0.05) is 24.1 Å². The molecule has 3 aromatic carbocycles. The Morgan fingerprint density at radius 2 is 1.41 bits per heavy atom. The zero-order valence-electron chi connectivity index (χ0n) is 18.8. The Kier molecular flexibility index (Phi) is 7.39. The third-order valence-electron chi connectivity index (χ3n) is 6.19. The monoisotopic (exact) mass is 443 g/mol. The van der Waals surface area contributed by atoms with Gasteiger partial charge in [0.1, 0.15) is 5.82 Å². The number of halogens is 1. The molecule has 3 nitrogen and oxygen atoms in total. The highest BCUT2D eigenvalue weighted by atomic mass is 35.5. The number of aryl methyl sites for hydroxylation is 1. The molecule has 0 saturated heterocycles. The molecule has 0 aliphatic heterocycles. The molecule has 1 aromatic heterocycles. The molecule has 1 heterocycles. The lowest BCUT2D eigenvalue weighted by Gasteiger charge is -2.11. The predicted molar refractivity (Wildman–Crippen MR) is 134 cm³/mol. The van der Waals surface area contributed by atoms with E-state index in [1.807, 2.05) is 18.2 Å². The number of benzene rings is 3. The molecule has 0 N–H and O–H groups in total. The first-order valence-electron chi connectivity index (χ1n) is 11.4. The van der Waals surface area contributed by atoms with E-state index in [4.69, 9.17) is 11.6 Å². The summed E-state index contributed by atoms with van der Waals surface area (Å²) in [4.78, 5) is 0. The Morgan fingerprint density at radius 1 is 0.750 bits per heavy atom. The molecular formula is C28H30ClN3. The summed E-state index contributed by atoms with van der Waals surface area (Å²) in [6.45, 7) is 2.29. The van der Waals surface area contributed by atoms with Crippen LogP contribution in [0.25, 0.3) is 22.5 Å². The van der Waals surface area contributed by atoms with Gasteiger partial charge in [0.25, 0.3) is 0 Å². The molecule has 32 heavy (non-hydrogen) atoms. The Hall–Kier alpha value is -2.91. The van der Waals surface area contributed by atoms with Gasteiger partial charge in [0.15, 0.2) is 5.82 Å². The van der Waals surface area contributed by atoms with Gasteiger partial charge in [-0.15, -0.1) is 10.2 Å². The fourth-order valence-corrected chi connectivity index (χ4v) is 4.27. The summed E-state index contributed by atoms with van der Waals surface area (Å²) < 4.78 is 2.13. The van der Waals surface area contributed by atoms with Gasteiger partial charge in [-0.2, -0.15) is 0 Å². The number of aromatic nitrogens is 3. The molecule has 4 heteroatoms. The third kappa shape index (κ3) is 5.46. The van der Waals surface area contributed by atoms with Crippen LogP contribution in [0.2, 0.25) is 5.02 Å². The molecule has 0 spiro atoms. The number of nitrogens with zero attached hydrogens (tertiary/aromatic N) is 3. The molecule has 0 bridgehead atoms. The zero-order chi connectivity index (χ0) is 22.3. The van der Waals surface area contributed by atoms with Crippen molar-refractivity contribution in [1.29, 1.82) is 0 Å². The highest BCUT2D eigenvalue weighted by Gasteiger charge is 2.11. The smallest absolute Gasteiger partial charge is 0.163 e. The summed E-state index contributed by atoms with van der Waals surface area (Å²) in [6.07, 6.45) is 5.70. The average molecular weight is 444 g/mol. The molecule has 0 saturated carbocycles. The first-order valence-corrected chi connectivity index (χ1v) is 11.8. The minimum Gasteiger partial charge on any atom is -0.314 e. The van der Waals surface area contributed by atoms with Crippen LogP contribution in [-0.2, 0) is 13.5 Å². The lowest BCUT2D eigenvalue weighted by Crippen LogP contribution is -2.00. The van der Waals surface area contributed by atoms with Gasteiger partial charge in [-0.3, -0.25) is 0 Å². The Bertz CT molecular complexity index is 1120. The topological polar surface area (TPSA) is 30.7 Å². The number of rotatable bonds is 9. The van der Waals surface area contributed by atoms with Crippen molar-refractivity contribution in [2.75, 3.05) is 0 Å². The molecule has 4 aromatic rings. The van der Waals surface area contributed by atoms with E-state index in [1.54, 1.807) is 0 Å². The van der Waals surface area contributed by atoms with E-state index in [0.717, 1.165) is 35.1 Å². The fraction of sp³-hybridized carbons (Fsp3) is 0.286. The molecule has 1 unspecified atom stereocenters. The van der Waals surface area contributed by atoms with Crippen LogP contribution in [0, 0.1) is 0 Å². The van der Waals surface area contributed by atoms with Crippen molar-refractivity contribution in [1.82, 2.24) is 14.8 Å². The maximum absolute atomic E-state index is 5.99. The van der Waals surface area contributed by atoms with E-state index in [-0.39, 0.29) is 0 Å². The van der Waals surface area contributed by atoms with E-state index in [1.165, 1.54) is 36.0 Å². The van der Waals surface area contributed by atoms with Gasteiger partial charge in [0.05, 0.1) is 0 Å². The Labute approximate surface area is 196 Å². The first-order chi connectivity index (χ1) is 15.6. The Balaban J connectivity index is 1.28.